The van der Waals surface area contributed by atoms with Crippen molar-refractivity contribution in [2.75, 3.05) is 12.4 Å². The van der Waals surface area contributed by atoms with E-state index in [0.717, 1.165) is 11.6 Å². The molecule has 0 fully saturated rings. The number of amides is 1. The van der Waals surface area contributed by atoms with E-state index in [1.807, 2.05) is 0 Å². The van der Waals surface area contributed by atoms with Crippen molar-refractivity contribution in [3.8, 4) is 0 Å². The average Bonchev–Trinajstić information content (AvgIpc) is 2.77. The maximum absolute atomic E-state index is 12.8. The van der Waals surface area contributed by atoms with Crippen molar-refractivity contribution in [1.82, 2.24) is 10.0 Å². The number of ether oxygens (including phenoxy) is 1. The summed E-state index contributed by atoms with van der Waals surface area (Å²) in [5.74, 6) is -3.78. The molecule has 6 N–H and O–H groups in total. The Morgan fingerprint density at radius 1 is 1.15 bits per heavy atom. The number of aliphatic carboxylic acids is 1. The van der Waals surface area contributed by atoms with Gasteiger partial charge in [0.1, 0.15) is 12.2 Å². The number of carbonyl (C=O) groups is 2. The number of hydrogen-bond donors (Lipinski definition) is 6. The van der Waals surface area contributed by atoms with Crippen LogP contribution in [0, 0.1) is 5.92 Å². The maximum Gasteiger partial charge on any atom is 0.371 e. The Hall–Kier alpha value is -2.93. The van der Waals surface area contributed by atoms with Gasteiger partial charge in [0.15, 0.2) is 6.10 Å². The molecule has 182 valence electrons. The van der Waals surface area contributed by atoms with Gasteiger partial charge < -0.3 is 30.5 Å². The molecule has 1 aliphatic heterocycles. The molecule has 33 heavy (non-hydrogen) atoms. The standard InChI is InChI=1S/C21H28N2O9S/c1-12(2)20(27)22-17-14(23-33(30,31)9-8-13-6-4-3-5-7-13)10-16(21(28)29)32-19(17)18(26)15(25)11-24/h3-7,10,12,15,18-19,23-26H,8-9,11H2,1-2H3,(H,22,27)(H,28,29)/t15-,18-,19-/m1/s1. The second kappa shape index (κ2) is 11.3. The van der Waals surface area contributed by atoms with Crippen molar-refractivity contribution in [2.45, 2.75) is 38.6 Å². The molecule has 0 saturated carbocycles. The zero-order valence-corrected chi connectivity index (χ0v) is 18.9. The molecule has 0 aromatic heterocycles. The second-order valence-corrected chi connectivity index (χ2v) is 9.56. The van der Waals surface area contributed by atoms with Gasteiger partial charge in [0.2, 0.25) is 21.7 Å². The van der Waals surface area contributed by atoms with Crippen LogP contribution in [0.3, 0.4) is 0 Å². The molecule has 1 aromatic rings. The number of hydrogen-bond acceptors (Lipinski definition) is 8. The van der Waals surface area contributed by atoms with Gasteiger partial charge in [-0.15, -0.1) is 0 Å². The molecular weight excluding hydrogens is 456 g/mol. The van der Waals surface area contributed by atoms with Gasteiger partial charge in [-0.05, 0) is 12.0 Å². The van der Waals surface area contributed by atoms with Crippen LogP contribution in [0.1, 0.15) is 19.4 Å². The fourth-order valence-corrected chi connectivity index (χ4v) is 3.98. The van der Waals surface area contributed by atoms with E-state index >= 15 is 0 Å². The van der Waals surface area contributed by atoms with E-state index in [4.69, 9.17) is 4.74 Å². The Bertz CT molecular complexity index is 1020. The normalized spacial score (nSPS) is 18.2. The molecule has 2 rings (SSSR count). The van der Waals surface area contributed by atoms with Gasteiger partial charge in [-0.25, -0.2) is 13.2 Å². The fraction of sp³-hybridized carbons (Fsp3) is 0.429. The first kappa shape index (κ1) is 26.3. The summed E-state index contributed by atoms with van der Waals surface area (Å²) in [6.45, 7) is 2.24. The molecule has 1 aromatic carbocycles. The summed E-state index contributed by atoms with van der Waals surface area (Å²) in [6, 6.07) is 8.81. The molecule has 0 unspecified atom stereocenters. The van der Waals surface area contributed by atoms with Crippen LogP contribution in [0.25, 0.3) is 0 Å². The fourth-order valence-electron chi connectivity index (χ4n) is 2.87. The SMILES string of the molecule is CC(C)C(=O)NC1=C(NS(=O)(=O)CCc2ccccc2)C=C(C(=O)O)O[C@H]1[C@H](O)[C@H](O)CO. The minimum Gasteiger partial charge on any atom is -0.475 e. The highest BCUT2D eigenvalue weighted by Crippen LogP contribution is 2.26. The molecule has 12 heteroatoms. The van der Waals surface area contributed by atoms with E-state index in [1.54, 1.807) is 44.2 Å². The second-order valence-electron chi connectivity index (χ2n) is 7.72. The summed E-state index contributed by atoms with van der Waals surface area (Å²) in [7, 11) is -4.04. The number of sulfonamides is 1. The zero-order valence-electron chi connectivity index (χ0n) is 18.1. The van der Waals surface area contributed by atoms with Crippen molar-refractivity contribution in [1.29, 1.82) is 0 Å². The molecule has 0 aliphatic carbocycles. The Morgan fingerprint density at radius 3 is 2.33 bits per heavy atom. The van der Waals surface area contributed by atoms with E-state index in [9.17, 15) is 38.4 Å². The van der Waals surface area contributed by atoms with E-state index in [2.05, 4.69) is 10.0 Å². The van der Waals surface area contributed by atoms with Crippen LogP contribution < -0.4 is 10.0 Å². The Labute approximate surface area is 191 Å². The third-order valence-electron chi connectivity index (χ3n) is 4.76. The Balaban J connectivity index is 2.46. The van der Waals surface area contributed by atoms with E-state index in [1.165, 1.54) is 0 Å². The largest absolute Gasteiger partial charge is 0.475 e. The number of aryl methyl sites for hydroxylation is 1. The molecule has 0 bridgehead atoms. The molecule has 0 spiro atoms. The average molecular weight is 485 g/mol. The number of nitrogens with one attached hydrogen (secondary N) is 2. The van der Waals surface area contributed by atoms with Gasteiger partial charge in [0.25, 0.3) is 0 Å². The van der Waals surface area contributed by atoms with Gasteiger partial charge >= 0.3 is 5.97 Å². The smallest absolute Gasteiger partial charge is 0.371 e. The Morgan fingerprint density at radius 2 is 1.79 bits per heavy atom. The van der Waals surface area contributed by atoms with Crippen molar-refractivity contribution in [3.05, 3.63) is 59.1 Å². The summed E-state index contributed by atoms with van der Waals surface area (Å²) < 4.78 is 33.0. The van der Waals surface area contributed by atoms with E-state index in [-0.39, 0.29) is 23.6 Å². The van der Waals surface area contributed by atoms with Crippen LogP contribution >= 0.6 is 0 Å². The van der Waals surface area contributed by atoms with Crippen LogP contribution in [-0.2, 0) is 30.8 Å². The topological polar surface area (TPSA) is 182 Å². The minimum atomic E-state index is -4.04. The number of carboxylic acids is 1. The van der Waals surface area contributed by atoms with Crippen molar-refractivity contribution in [3.63, 3.8) is 0 Å². The minimum absolute atomic E-state index is 0.165. The molecule has 11 nitrogen and oxygen atoms in total. The highest BCUT2D eigenvalue weighted by molar-refractivity contribution is 7.89. The summed E-state index contributed by atoms with van der Waals surface area (Å²) >= 11 is 0. The lowest BCUT2D eigenvalue weighted by Gasteiger charge is -2.33. The molecule has 1 aliphatic rings. The molecule has 0 saturated heterocycles. The number of allylic oxidation sites excluding steroid dienone is 1. The first-order valence-corrected chi connectivity index (χ1v) is 11.8. The highest BCUT2D eigenvalue weighted by atomic mass is 32.2. The quantitative estimate of drug-likeness (QED) is 0.234. The Kier molecular flexibility index (Phi) is 8.99. The third kappa shape index (κ3) is 7.29. The predicted molar refractivity (Wildman–Crippen MR) is 117 cm³/mol. The van der Waals surface area contributed by atoms with Gasteiger partial charge in [-0.2, -0.15) is 0 Å². The van der Waals surface area contributed by atoms with Gasteiger partial charge in [0.05, 0.1) is 23.8 Å². The van der Waals surface area contributed by atoms with Crippen molar-refractivity contribution in [2.24, 2.45) is 5.92 Å². The van der Waals surface area contributed by atoms with Crippen LogP contribution in [0.5, 0.6) is 0 Å². The molecule has 3 atom stereocenters. The van der Waals surface area contributed by atoms with Crippen LogP contribution in [0.4, 0.5) is 0 Å². The summed E-state index contributed by atoms with van der Waals surface area (Å²) in [6.07, 6.45) is -4.29. The van der Waals surface area contributed by atoms with Gasteiger partial charge in [-0.1, -0.05) is 44.2 Å². The van der Waals surface area contributed by atoms with Crippen LogP contribution in [0.15, 0.2) is 53.6 Å². The number of benzene rings is 1. The maximum atomic E-state index is 12.8. The summed E-state index contributed by atoms with van der Waals surface area (Å²) in [5, 5.41) is 41.3. The van der Waals surface area contributed by atoms with Crippen LogP contribution in [-0.4, -0.2) is 71.4 Å². The molecular formula is C21H28N2O9S. The van der Waals surface area contributed by atoms with Crippen LogP contribution in [0.2, 0.25) is 0 Å². The molecule has 1 amide bonds. The van der Waals surface area contributed by atoms with E-state index in [0.29, 0.717) is 0 Å². The lowest BCUT2D eigenvalue weighted by atomic mass is 10.0. The number of carbonyl (C=O) groups excluding carboxylic acids is 1. The zero-order chi connectivity index (χ0) is 24.8. The van der Waals surface area contributed by atoms with E-state index < -0.39 is 58.5 Å². The first-order chi connectivity index (χ1) is 15.4. The number of rotatable bonds is 11. The predicted octanol–water partition coefficient (Wildman–Crippen LogP) is -0.786. The number of aliphatic hydroxyl groups excluding tert-OH is 3. The lowest BCUT2D eigenvalue weighted by molar-refractivity contribution is -0.140. The molecule has 1 heterocycles. The summed E-state index contributed by atoms with van der Waals surface area (Å²) in [5.41, 5.74) is 0.134. The number of aliphatic hydroxyl groups is 3. The first-order valence-electron chi connectivity index (χ1n) is 10.1. The molecule has 0 radical (unpaired) electrons. The number of carboxylic acid groups (broad SMARTS) is 1. The highest BCUT2D eigenvalue weighted by Gasteiger charge is 2.38. The van der Waals surface area contributed by atoms with Gasteiger partial charge in [0, 0.05) is 12.0 Å². The van der Waals surface area contributed by atoms with Crippen molar-refractivity contribution >= 4 is 21.9 Å². The third-order valence-corrected chi connectivity index (χ3v) is 6.03. The monoisotopic (exact) mass is 484 g/mol. The summed E-state index contributed by atoms with van der Waals surface area (Å²) in [4.78, 5) is 23.9. The van der Waals surface area contributed by atoms with Crippen molar-refractivity contribution < 1.29 is 43.2 Å². The van der Waals surface area contributed by atoms with Gasteiger partial charge in [-0.3, -0.25) is 9.52 Å². The lowest BCUT2D eigenvalue weighted by Crippen LogP contribution is -2.49.